The Kier molecular flexibility index (Phi) is 9.17. The molecule has 0 aliphatic carbocycles. The fraction of sp³-hybridized carbons (Fsp3) is 0. The van der Waals surface area contributed by atoms with Crippen LogP contribution in [0.5, 0.6) is 0 Å². The molecule has 3 aromatic heterocycles. The van der Waals surface area contributed by atoms with Crippen LogP contribution in [0.15, 0.2) is 261 Å². The molecule has 302 valence electrons. The fourth-order valence-electron chi connectivity index (χ4n) is 10.3. The molecule has 0 N–H and O–H groups in total. The number of nitrogens with zero attached hydrogens (tertiary/aromatic N) is 3. The maximum Gasteiger partial charge on any atom is 0.179 e. The van der Waals surface area contributed by atoms with Crippen LogP contribution in [0.3, 0.4) is 0 Å². The molecule has 0 amide bonds. The Labute approximate surface area is 373 Å². The predicted molar refractivity (Wildman–Crippen MR) is 272 cm³/mol. The summed E-state index contributed by atoms with van der Waals surface area (Å²) in [6.45, 7) is 0. The smallest absolute Gasteiger partial charge is 0.179 e. The lowest BCUT2D eigenvalue weighted by Gasteiger charge is -2.34. The van der Waals surface area contributed by atoms with Crippen molar-refractivity contribution in [3.05, 3.63) is 261 Å². The maximum atomic E-state index is 2.52. The summed E-state index contributed by atoms with van der Waals surface area (Å²) in [4.78, 5) is 0. The van der Waals surface area contributed by atoms with Crippen LogP contribution in [0.1, 0.15) is 0 Å². The second-order valence-electron chi connectivity index (χ2n) is 16.5. The highest BCUT2D eigenvalue weighted by Gasteiger charge is 2.41. The zero-order valence-electron chi connectivity index (χ0n) is 35.2. The van der Waals surface area contributed by atoms with E-state index in [1.54, 1.807) is 0 Å². The number of para-hydroxylation sites is 4. The molecule has 0 aliphatic rings. The van der Waals surface area contributed by atoms with E-state index >= 15 is 0 Å². The van der Waals surface area contributed by atoms with Crippen LogP contribution in [-0.2, 0) is 0 Å². The summed E-state index contributed by atoms with van der Waals surface area (Å²) < 4.78 is 7.24. The van der Waals surface area contributed by atoms with Crippen molar-refractivity contribution < 1.29 is 0 Å². The number of hydrogen-bond donors (Lipinski definition) is 0. The molecule has 0 spiro atoms. The molecular formula is C60H43N3Si. The zero-order chi connectivity index (χ0) is 42.5. The molecule has 0 fully saturated rings. The standard InChI is InChI=1S/C60H43N3Si/c1-5-22-44(23-6-1)62-45-24-19-20-41-61(56-37-21-38-59(62)54(56)42-45)55-34-16-13-31-50(55)51-32-14-17-35-57(51)63-58-36-18-15-33-52(58)53-40-39-49(43-60(53)63)64(46-25-7-2-8-26-46,47-27-9-3-10-28-47)48-29-11-4-12-30-48/h1-43H. The van der Waals surface area contributed by atoms with Crippen LogP contribution >= 0.6 is 0 Å². The summed E-state index contributed by atoms with van der Waals surface area (Å²) in [5.74, 6) is 0. The minimum atomic E-state index is -2.81. The third-order valence-corrected chi connectivity index (χ3v) is 17.8. The van der Waals surface area contributed by atoms with E-state index in [0.29, 0.717) is 0 Å². The van der Waals surface area contributed by atoms with E-state index in [9.17, 15) is 0 Å². The Morgan fingerprint density at radius 2 is 0.781 bits per heavy atom. The molecule has 4 heteroatoms. The van der Waals surface area contributed by atoms with Crippen LogP contribution < -0.4 is 20.7 Å². The van der Waals surface area contributed by atoms with Crippen LogP contribution in [0.4, 0.5) is 0 Å². The summed E-state index contributed by atoms with van der Waals surface area (Å²) in [6, 6.07) is 93.8. The Bertz CT molecular complexity index is 3560. The van der Waals surface area contributed by atoms with Gasteiger partial charge in [-0.05, 0) is 87.5 Å². The van der Waals surface area contributed by atoms with Crippen molar-refractivity contribution in [2.45, 2.75) is 0 Å². The van der Waals surface area contributed by atoms with Gasteiger partial charge in [0.2, 0.25) is 0 Å². The average molecular weight is 834 g/mol. The normalized spacial score (nSPS) is 11.8. The first-order valence-electron chi connectivity index (χ1n) is 22.0. The van der Waals surface area contributed by atoms with Crippen LogP contribution in [0.2, 0.25) is 0 Å². The second-order valence-corrected chi connectivity index (χ2v) is 20.3. The van der Waals surface area contributed by atoms with Gasteiger partial charge in [0.15, 0.2) is 8.07 Å². The molecule has 0 aliphatic heterocycles. The number of aromatic nitrogens is 3. The molecule has 64 heavy (non-hydrogen) atoms. The highest BCUT2D eigenvalue weighted by atomic mass is 28.3. The van der Waals surface area contributed by atoms with Gasteiger partial charge in [0.05, 0.1) is 33.4 Å². The molecule has 3 nitrogen and oxygen atoms in total. The van der Waals surface area contributed by atoms with Gasteiger partial charge in [-0.1, -0.05) is 188 Å². The maximum absolute atomic E-state index is 2.81. The lowest BCUT2D eigenvalue weighted by atomic mass is 10.0. The highest BCUT2D eigenvalue weighted by Crippen LogP contribution is 2.39. The quantitative estimate of drug-likeness (QED) is 0.107. The Morgan fingerprint density at radius 1 is 0.281 bits per heavy atom. The van der Waals surface area contributed by atoms with E-state index in [1.807, 2.05) is 0 Å². The molecule has 2 bridgehead atoms. The van der Waals surface area contributed by atoms with Gasteiger partial charge in [0.1, 0.15) is 0 Å². The molecule has 12 aromatic rings. The molecule has 9 aromatic carbocycles. The van der Waals surface area contributed by atoms with Crippen LogP contribution in [-0.4, -0.2) is 21.8 Å². The fourth-order valence-corrected chi connectivity index (χ4v) is 15.1. The Morgan fingerprint density at radius 3 is 1.47 bits per heavy atom. The third kappa shape index (κ3) is 5.95. The van der Waals surface area contributed by atoms with E-state index in [2.05, 4.69) is 275 Å². The van der Waals surface area contributed by atoms with Crippen LogP contribution in [0.25, 0.3) is 71.9 Å². The van der Waals surface area contributed by atoms with Crippen molar-refractivity contribution in [1.82, 2.24) is 13.7 Å². The molecule has 0 radical (unpaired) electrons. The van der Waals surface area contributed by atoms with Crippen molar-refractivity contribution in [2.75, 3.05) is 0 Å². The first-order chi connectivity index (χ1) is 31.8. The Hall–Kier alpha value is -8.18. The molecule has 0 atom stereocenters. The summed E-state index contributed by atoms with van der Waals surface area (Å²) in [6.07, 6.45) is 2.21. The highest BCUT2D eigenvalue weighted by molar-refractivity contribution is 7.20. The van der Waals surface area contributed by atoms with Crippen molar-refractivity contribution in [3.63, 3.8) is 0 Å². The lowest BCUT2D eigenvalue weighted by Crippen LogP contribution is -2.74. The number of fused-ring (bicyclic) bond motifs is 4. The third-order valence-electron chi connectivity index (χ3n) is 13.1. The molecule has 12 rings (SSSR count). The van der Waals surface area contributed by atoms with Crippen molar-refractivity contribution in [1.29, 1.82) is 0 Å². The first-order valence-corrected chi connectivity index (χ1v) is 24.0. The lowest BCUT2D eigenvalue weighted by molar-refractivity contribution is 1.11. The molecule has 0 saturated heterocycles. The van der Waals surface area contributed by atoms with E-state index in [0.717, 1.165) is 39.2 Å². The van der Waals surface area contributed by atoms with Crippen molar-refractivity contribution in [3.8, 4) is 28.2 Å². The van der Waals surface area contributed by atoms with Gasteiger partial charge in [-0.15, -0.1) is 0 Å². The van der Waals surface area contributed by atoms with E-state index in [4.69, 9.17) is 0 Å². The zero-order valence-corrected chi connectivity index (χ0v) is 36.2. The van der Waals surface area contributed by atoms with Crippen molar-refractivity contribution in [2.24, 2.45) is 0 Å². The monoisotopic (exact) mass is 833 g/mol. The van der Waals surface area contributed by atoms with E-state index in [1.165, 1.54) is 53.5 Å². The van der Waals surface area contributed by atoms with Gasteiger partial charge in [0, 0.05) is 44.7 Å². The summed E-state index contributed by atoms with van der Waals surface area (Å²) in [7, 11) is -2.81. The largest absolute Gasteiger partial charge is 0.316 e. The molecule has 0 unspecified atom stereocenters. The van der Waals surface area contributed by atoms with Gasteiger partial charge in [0.25, 0.3) is 0 Å². The average Bonchev–Trinajstić information content (AvgIpc) is 3.93. The summed E-state index contributed by atoms with van der Waals surface area (Å²) in [5.41, 5.74) is 11.5. The molecular weight excluding hydrogens is 791 g/mol. The minimum Gasteiger partial charge on any atom is -0.316 e. The SMILES string of the molecule is c1ccc(-n2c3ccccn(-c4ccccc4-c4ccccc4-n4c5ccccc5c5ccc([Si](c6ccccc6)(c6ccccc6)c6ccccc6)cc54)c4cccc2c4c3)cc1. The van der Waals surface area contributed by atoms with E-state index < -0.39 is 8.07 Å². The summed E-state index contributed by atoms with van der Waals surface area (Å²) in [5, 5.41) is 9.08. The first kappa shape index (κ1) is 37.6. The van der Waals surface area contributed by atoms with Crippen LogP contribution in [0, 0.1) is 0 Å². The summed E-state index contributed by atoms with van der Waals surface area (Å²) >= 11 is 0. The Balaban J connectivity index is 1.12. The molecule has 3 heterocycles. The van der Waals surface area contributed by atoms with E-state index in [-0.39, 0.29) is 0 Å². The van der Waals surface area contributed by atoms with Crippen molar-refractivity contribution >= 4 is 72.6 Å². The van der Waals surface area contributed by atoms with Gasteiger partial charge < -0.3 is 13.7 Å². The second kappa shape index (κ2) is 15.6. The molecule has 0 saturated carbocycles. The topological polar surface area (TPSA) is 14.8 Å². The predicted octanol–water partition coefficient (Wildman–Crippen LogP) is 12.3. The van der Waals surface area contributed by atoms with Gasteiger partial charge in [-0.2, -0.15) is 0 Å². The van der Waals surface area contributed by atoms with Gasteiger partial charge in [-0.3, -0.25) is 0 Å². The van der Waals surface area contributed by atoms with Gasteiger partial charge in [-0.25, -0.2) is 0 Å². The number of rotatable bonds is 8. The number of benzene rings is 9. The minimum absolute atomic E-state index is 1.10. The van der Waals surface area contributed by atoms with Gasteiger partial charge >= 0.3 is 0 Å². The number of hydrogen-bond acceptors (Lipinski definition) is 0.